The molecule has 1 amide bonds. The lowest BCUT2D eigenvalue weighted by Crippen LogP contribution is -2.53. The van der Waals surface area contributed by atoms with Crippen molar-refractivity contribution >= 4 is 5.91 Å². The Morgan fingerprint density at radius 2 is 0.971 bits per heavy atom. The van der Waals surface area contributed by atoms with Gasteiger partial charge in [0, 0.05) is 0 Å². The molecule has 0 aliphatic rings. The van der Waals surface area contributed by atoms with E-state index in [2.05, 4.69) is 19.2 Å². The van der Waals surface area contributed by atoms with Gasteiger partial charge >= 0.3 is 0 Å². The van der Waals surface area contributed by atoms with Gasteiger partial charge in [-0.3, -0.25) is 4.79 Å². The predicted octanol–water partition coefficient (Wildman–Crippen LogP) is 5.78. The summed E-state index contributed by atoms with van der Waals surface area (Å²) >= 11 is 0. The summed E-state index contributed by atoms with van der Waals surface area (Å²) in [5.74, 6) is -0.589. The van der Waals surface area contributed by atoms with E-state index >= 15 is 0 Å². The van der Waals surface area contributed by atoms with E-state index in [4.69, 9.17) is 0 Å². The van der Waals surface area contributed by atoms with Crippen molar-refractivity contribution in [2.45, 2.75) is 173 Å². The fraction of sp³-hybridized carbons (Fsp3) is 0.966. The first-order chi connectivity index (χ1) is 17.0. The normalized spacial score (nSPS) is 15.0. The smallest absolute Gasteiger partial charge is 0.249 e. The molecule has 0 aromatic carbocycles. The Balaban J connectivity index is 3.93. The Labute approximate surface area is 216 Å². The van der Waals surface area contributed by atoms with E-state index < -0.39 is 36.9 Å². The lowest BCUT2D eigenvalue weighted by molar-refractivity contribution is -0.132. The van der Waals surface area contributed by atoms with Gasteiger partial charge < -0.3 is 25.7 Å². The molecule has 4 unspecified atom stereocenters. The molecule has 0 radical (unpaired) electrons. The van der Waals surface area contributed by atoms with E-state index in [1.165, 1.54) is 83.5 Å². The number of nitrogens with one attached hydrogen (secondary N) is 1. The molecule has 0 heterocycles. The van der Waals surface area contributed by atoms with Crippen LogP contribution in [0.2, 0.25) is 0 Å². The highest BCUT2D eigenvalue weighted by molar-refractivity contribution is 5.80. The number of carbonyl (C=O) groups excluding carboxylic acids is 1. The highest BCUT2D eigenvalue weighted by Crippen LogP contribution is 2.15. The first kappa shape index (κ1) is 34.3. The summed E-state index contributed by atoms with van der Waals surface area (Å²) in [6.45, 7) is 3.96. The minimum atomic E-state index is -1.25. The second-order valence-corrected chi connectivity index (χ2v) is 10.5. The molecule has 0 aliphatic heterocycles. The largest absolute Gasteiger partial charge is 0.394 e. The van der Waals surface area contributed by atoms with Gasteiger partial charge in [0.15, 0.2) is 0 Å². The molecule has 0 aromatic rings. The molecular formula is C29H59NO5. The van der Waals surface area contributed by atoms with Crippen molar-refractivity contribution in [1.82, 2.24) is 5.32 Å². The van der Waals surface area contributed by atoms with Crippen molar-refractivity contribution in [3.8, 4) is 0 Å². The molecule has 0 rings (SSSR count). The second-order valence-electron chi connectivity index (χ2n) is 10.5. The van der Waals surface area contributed by atoms with E-state index in [0.717, 1.165) is 38.5 Å². The fourth-order valence-corrected chi connectivity index (χ4v) is 4.58. The number of carbonyl (C=O) groups is 1. The van der Waals surface area contributed by atoms with Crippen molar-refractivity contribution in [2.75, 3.05) is 6.61 Å². The summed E-state index contributed by atoms with van der Waals surface area (Å²) in [6, 6.07) is -0.974. The van der Waals surface area contributed by atoms with Gasteiger partial charge in [0.2, 0.25) is 5.91 Å². The Morgan fingerprint density at radius 1 is 0.600 bits per heavy atom. The molecule has 5 N–H and O–H groups in total. The maximum atomic E-state index is 12.3. The summed E-state index contributed by atoms with van der Waals surface area (Å²) in [6.07, 6.45) is 19.8. The monoisotopic (exact) mass is 501 g/mol. The van der Waals surface area contributed by atoms with Crippen LogP contribution in [-0.2, 0) is 4.79 Å². The van der Waals surface area contributed by atoms with Gasteiger partial charge in [0.1, 0.15) is 12.2 Å². The number of rotatable bonds is 26. The van der Waals surface area contributed by atoms with Crippen LogP contribution in [0.4, 0.5) is 0 Å². The van der Waals surface area contributed by atoms with Gasteiger partial charge in [-0.2, -0.15) is 0 Å². The molecule has 4 atom stereocenters. The van der Waals surface area contributed by atoms with Gasteiger partial charge in [-0.25, -0.2) is 0 Å². The third-order valence-electron chi connectivity index (χ3n) is 7.07. The number of aliphatic hydroxyl groups is 4. The summed E-state index contributed by atoms with van der Waals surface area (Å²) < 4.78 is 0. The van der Waals surface area contributed by atoms with Crippen LogP contribution in [-0.4, -0.2) is 57.3 Å². The number of hydrogen-bond acceptors (Lipinski definition) is 5. The summed E-state index contributed by atoms with van der Waals surface area (Å²) in [5.41, 5.74) is 0. The maximum Gasteiger partial charge on any atom is 0.249 e. The Bertz CT molecular complexity index is 462. The van der Waals surface area contributed by atoms with Gasteiger partial charge in [-0.05, 0) is 12.8 Å². The standard InChI is InChI=1S/C29H59NO5/c1-3-5-7-9-11-13-15-16-18-20-22-26(32)28(34)25(24-31)30-29(35)27(33)23-21-19-17-14-12-10-8-6-4-2/h25-28,31-34H,3-24H2,1-2H3,(H,30,35). The highest BCUT2D eigenvalue weighted by Gasteiger charge is 2.28. The van der Waals surface area contributed by atoms with Crippen LogP contribution in [0.15, 0.2) is 0 Å². The molecule has 6 nitrogen and oxygen atoms in total. The molecule has 210 valence electrons. The van der Waals surface area contributed by atoms with Crippen LogP contribution in [0.3, 0.4) is 0 Å². The van der Waals surface area contributed by atoms with Gasteiger partial charge in [-0.15, -0.1) is 0 Å². The third-order valence-corrected chi connectivity index (χ3v) is 7.07. The van der Waals surface area contributed by atoms with Crippen LogP contribution in [0.25, 0.3) is 0 Å². The maximum absolute atomic E-state index is 12.3. The summed E-state index contributed by atoms with van der Waals surface area (Å²) in [4.78, 5) is 12.3. The van der Waals surface area contributed by atoms with E-state index in [1.807, 2.05) is 0 Å². The Morgan fingerprint density at radius 3 is 1.37 bits per heavy atom. The number of amides is 1. The summed E-state index contributed by atoms with van der Waals surface area (Å²) in [7, 11) is 0. The fourth-order valence-electron chi connectivity index (χ4n) is 4.58. The molecule has 0 aromatic heterocycles. The predicted molar refractivity (Wildman–Crippen MR) is 145 cm³/mol. The molecule has 0 bridgehead atoms. The molecule has 0 saturated heterocycles. The van der Waals surface area contributed by atoms with E-state index in [9.17, 15) is 25.2 Å². The molecule has 0 spiro atoms. The van der Waals surface area contributed by atoms with Crippen molar-refractivity contribution in [3.63, 3.8) is 0 Å². The van der Waals surface area contributed by atoms with Gasteiger partial charge in [0.05, 0.1) is 18.8 Å². The van der Waals surface area contributed by atoms with Crippen molar-refractivity contribution in [2.24, 2.45) is 0 Å². The Hall–Kier alpha value is -0.690. The minimum absolute atomic E-state index is 0.372. The van der Waals surface area contributed by atoms with Crippen LogP contribution < -0.4 is 5.32 Å². The average Bonchev–Trinajstić information content (AvgIpc) is 2.86. The van der Waals surface area contributed by atoms with Crippen LogP contribution in [0.1, 0.15) is 149 Å². The number of hydrogen-bond donors (Lipinski definition) is 5. The number of unbranched alkanes of at least 4 members (excludes halogenated alkanes) is 17. The molecule has 0 fully saturated rings. The lowest BCUT2D eigenvalue weighted by atomic mass is 9.99. The lowest BCUT2D eigenvalue weighted by Gasteiger charge is -2.27. The SMILES string of the molecule is CCCCCCCCCCCCC(O)C(O)C(CO)NC(=O)C(O)CCCCCCCCCCC. The average molecular weight is 502 g/mol. The zero-order valence-corrected chi connectivity index (χ0v) is 23.1. The van der Waals surface area contributed by atoms with Crippen LogP contribution in [0, 0.1) is 0 Å². The minimum Gasteiger partial charge on any atom is -0.394 e. The second kappa shape index (κ2) is 25.0. The van der Waals surface area contributed by atoms with Gasteiger partial charge in [0.25, 0.3) is 0 Å². The van der Waals surface area contributed by atoms with Crippen LogP contribution >= 0.6 is 0 Å². The molecule has 0 saturated carbocycles. The molecule has 35 heavy (non-hydrogen) atoms. The molecular weight excluding hydrogens is 442 g/mol. The molecule has 0 aliphatic carbocycles. The quantitative estimate of drug-likeness (QED) is 0.0965. The van der Waals surface area contributed by atoms with E-state index in [0.29, 0.717) is 12.8 Å². The van der Waals surface area contributed by atoms with E-state index in [1.54, 1.807) is 0 Å². The first-order valence-corrected chi connectivity index (χ1v) is 14.9. The van der Waals surface area contributed by atoms with Crippen LogP contribution in [0.5, 0.6) is 0 Å². The summed E-state index contributed by atoms with van der Waals surface area (Å²) in [5, 5.41) is 43.0. The third kappa shape index (κ3) is 20.1. The van der Waals surface area contributed by atoms with E-state index in [-0.39, 0.29) is 0 Å². The highest BCUT2D eigenvalue weighted by atomic mass is 16.3. The first-order valence-electron chi connectivity index (χ1n) is 14.9. The zero-order chi connectivity index (χ0) is 26.2. The van der Waals surface area contributed by atoms with Crippen molar-refractivity contribution in [1.29, 1.82) is 0 Å². The topological polar surface area (TPSA) is 110 Å². The van der Waals surface area contributed by atoms with Crippen molar-refractivity contribution in [3.05, 3.63) is 0 Å². The Kier molecular flexibility index (Phi) is 24.5. The van der Waals surface area contributed by atoms with Gasteiger partial charge in [-0.1, -0.05) is 136 Å². The van der Waals surface area contributed by atoms with Crippen molar-refractivity contribution < 1.29 is 25.2 Å². The molecule has 6 heteroatoms. The zero-order valence-electron chi connectivity index (χ0n) is 23.1. The number of aliphatic hydroxyl groups excluding tert-OH is 4.